The summed E-state index contributed by atoms with van der Waals surface area (Å²) >= 11 is 0. The molecule has 2 nitrogen and oxygen atoms in total. The Morgan fingerprint density at radius 3 is 2.36 bits per heavy atom. The Hall–Kier alpha value is -1.80. The van der Waals surface area contributed by atoms with Crippen LogP contribution in [-0.2, 0) is 12.8 Å². The van der Waals surface area contributed by atoms with Gasteiger partial charge in [-0.2, -0.15) is 0 Å². The Bertz CT molecular complexity index is 671. The van der Waals surface area contributed by atoms with Crippen molar-refractivity contribution in [2.24, 2.45) is 0 Å². The van der Waals surface area contributed by atoms with Crippen LogP contribution in [0.25, 0.3) is 11.1 Å². The van der Waals surface area contributed by atoms with Gasteiger partial charge in [0, 0.05) is 6.04 Å². The number of hydrogen-bond acceptors (Lipinski definition) is 2. The lowest BCUT2D eigenvalue weighted by molar-refractivity contribution is 0.180. The van der Waals surface area contributed by atoms with Gasteiger partial charge in [-0.25, -0.2) is 0 Å². The summed E-state index contributed by atoms with van der Waals surface area (Å²) in [6.45, 7) is 7.03. The van der Waals surface area contributed by atoms with Gasteiger partial charge in [-0.05, 0) is 79.6 Å². The maximum atomic E-state index is 5.31. The van der Waals surface area contributed by atoms with E-state index in [1.165, 1.54) is 61.9 Å². The Morgan fingerprint density at radius 2 is 1.72 bits per heavy atom. The molecule has 0 fully saturated rings. The largest absolute Gasteiger partial charge is 0.497 e. The fourth-order valence-electron chi connectivity index (χ4n) is 4.17. The molecule has 0 spiro atoms. The minimum absolute atomic E-state index is 0.687. The molecule has 0 saturated carbocycles. The fraction of sp³-hybridized carbons (Fsp3) is 0.478. The summed E-state index contributed by atoms with van der Waals surface area (Å²) in [6, 6.07) is 16.0. The van der Waals surface area contributed by atoms with Crippen molar-refractivity contribution >= 4 is 0 Å². The second-order valence-corrected chi connectivity index (χ2v) is 7.10. The summed E-state index contributed by atoms with van der Waals surface area (Å²) in [5, 5.41) is 0. The monoisotopic (exact) mass is 337 g/mol. The van der Waals surface area contributed by atoms with E-state index in [4.69, 9.17) is 4.74 Å². The van der Waals surface area contributed by atoms with E-state index in [-0.39, 0.29) is 0 Å². The van der Waals surface area contributed by atoms with E-state index in [1.807, 2.05) is 0 Å². The highest BCUT2D eigenvalue weighted by atomic mass is 16.5. The average Bonchev–Trinajstić information content (AvgIpc) is 2.67. The molecule has 0 saturated heterocycles. The van der Waals surface area contributed by atoms with Crippen LogP contribution in [-0.4, -0.2) is 31.1 Å². The minimum Gasteiger partial charge on any atom is -0.497 e. The number of aryl methyl sites for hydroxylation is 1. The van der Waals surface area contributed by atoms with Gasteiger partial charge in [-0.1, -0.05) is 44.2 Å². The molecule has 2 aromatic carbocycles. The molecule has 2 heteroatoms. The van der Waals surface area contributed by atoms with Crippen molar-refractivity contribution in [2.75, 3.05) is 20.2 Å². The zero-order valence-electron chi connectivity index (χ0n) is 15.9. The van der Waals surface area contributed by atoms with E-state index in [1.54, 1.807) is 12.7 Å². The first kappa shape index (κ1) is 18.0. The van der Waals surface area contributed by atoms with Crippen LogP contribution >= 0.6 is 0 Å². The lowest BCUT2D eigenvalue weighted by Crippen LogP contribution is -2.40. The number of benzene rings is 2. The van der Waals surface area contributed by atoms with E-state index in [0.29, 0.717) is 6.04 Å². The molecule has 25 heavy (non-hydrogen) atoms. The van der Waals surface area contributed by atoms with Crippen LogP contribution in [0.3, 0.4) is 0 Å². The van der Waals surface area contributed by atoms with Crippen molar-refractivity contribution in [3.05, 3.63) is 53.6 Å². The Balaban J connectivity index is 1.89. The molecule has 0 heterocycles. The second-order valence-electron chi connectivity index (χ2n) is 7.10. The molecule has 1 aliphatic carbocycles. The van der Waals surface area contributed by atoms with Crippen LogP contribution in [0.1, 0.15) is 44.2 Å². The topological polar surface area (TPSA) is 12.5 Å². The van der Waals surface area contributed by atoms with Crippen molar-refractivity contribution in [1.82, 2.24) is 4.90 Å². The Labute approximate surface area is 152 Å². The first-order chi connectivity index (χ1) is 12.3. The second kappa shape index (κ2) is 8.53. The standard InChI is InChI=1S/C23H31NO/c1-4-15-24(16-5-2)20-12-9-18-7-6-8-22(23(18)17-20)19-10-13-21(25-3)14-11-19/h6-8,10-11,13-14,20H,4-5,9,12,15-17H2,1-3H3/t20-/m0/s1. The molecule has 0 amide bonds. The highest BCUT2D eigenvalue weighted by Crippen LogP contribution is 2.34. The fourth-order valence-corrected chi connectivity index (χ4v) is 4.17. The molecule has 1 atom stereocenters. The lowest BCUT2D eigenvalue weighted by atomic mass is 9.83. The summed E-state index contributed by atoms with van der Waals surface area (Å²) in [7, 11) is 1.72. The van der Waals surface area contributed by atoms with E-state index >= 15 is 0 Å². The third-order valence-corrected chi connectivity index (χ3v) is 5.40. The van der Waals surface area contributed by atoms with Gasteiger partial charge in [-0.15, -0.1) is 0 Å². The number of ether oxygens (including phenoxy) is 1. The molecule has 0 radical (unpaired) electrons. The van der Waals surface area contributed by atoms with Gasteiger partial charge in [0.05, 0.1) is 7.11 Å². The van der Waals surface area contributed by atoms with Crippen LogP contribution in [0.5, 0.6) is 5.75 Å². The quantitative estimate of drug-likeness (QED) is 0.676. The molecule has 3 rings (SSSR count). The molecular formula is C23H31NO. The Kier molecular flexibility index (Phi) is 6.14. The van der Waals surface area contributed by atoms with Crippen molar-refractivity contribution in [3.8, 4) is 16.9 Å². The van der Waals surface area contributed by atoms with E-state index in [0.717, 1.165) is 5.75 Å². The van der Waals surface area contributed by atoms with Crippen molar-refractivity contribution in [3.63, 3.8) is 0 Å². The summed E-state index contributed by atoms with van der Waals surface area (Å²) in [4.78, 5) is 2.72. The third-order valence-electron chi connectivity index (χ3n) is 5.40. The highest BCUT2D eigenvalue weighted by Gasteiger charge is 2.25. The van der Waals surface area contributed by atoms with Crippen molar-refractivity contribution < 1.29 is 4.74 Å². The maximum absolute atomic E-state index is 5.31. The summed E-state index contributed by atoms with van der Waals surface area (Å²) in [5.74, 6) is 0.920. The lowest BCUT2D eigenvalue weighted by Gasteiger charge is -2.36. The molecule has 0 bridgehead atoms. The number of methoxy groups -OCH3 is 1. The van der Waals surface area contributed by atoms with E-state index < -0.39 is 0 Å². The number of hydrogen-bond donors (Lipinski definition) is 0. The van der Waals surface area contributed by atoms with E-state index in [2.05, 4.69) is 61.2 Å². The van der Waals surface area contributed by atoms with Gasteiger partial charge in [0.1, 0.15) is 5.75 Å². The van der Waals surface area contributed by atoms with Gasteiger partial charge >= 0.3 is 0 Å². The predicted molar refractivity (Wildman–Crippen MR) is 106 cm³/mol. The third kappa shape index (κ3) is 4.07. The van der Waals surface area contributed by atoms with Crippen LogP contribution in [0.2, 0.25) is 0 Å². The van der Waals surface area contributed by atoms with Gasteiger partial charge < -0.3 is 9.64 Å². The zero-order chi connectivity index (χ0) is 17.6. The first-order valence-electron chi connectivity index (χ1n) is 9.76. The summed E-state index contributed by atoms with van der Waals surface area (Å²) in [6.07, 6.45) is 6.15. The number of fused-ring (bicyclic) bond motifs is 1. The number of nitrogens with zero attached hydrogens (tertiary/aromatic N) is 1. The highest BCUT2D eigenvalue weighted by molar-refractivity contribution is 5.70. The molecule has 134 valence electrons. The SMILES string of the molecule is CCCN(CCC)[C@H]1CCc2cccc(-c3ccc(OC)cc3)c2C1. The molecule has 0 aliphatic heterocycles. The predicted octanol–water partition coefficient (Wildman–Crippen LogP) is 5.34. The van der Waals surface area contributed by atoms with E-state index in [9.17, 15) is 0 Å². The van der Waals surface area contributed by atoms with Crippen LogP contribution in [0, 0.1) is 0 Å². The van der Waals surface area contributed by atoms with Crippen molar-refractivity contribution in [2.45, 2.75) is 52.0 Å². The zero-order valence-corrected chi connectivity index (χ0v) is 15.9. The van der Waals surface area contributed by atoms with Crippen LogP contribution in [0.4, 0.5) is 0 Å². The van der Waals surface area contributed by atoms with Gasteiger partial charge in [0.25, 0.3) is 0 Å². The summed E-state index contributed by atoms with van der Waals surface area (Å²) in [5.41, 5.74) is 5.80. The molecule has 0 N–H and O–H groups in total. The number of rotatable bonds is 7. The smallest absolute Gasteiger partial charge is 0.118 e. The minimum atomic E-state index is 0.687. The van der Waals surface area contributed by atoms with Gasteiger partial charge in [0.2, 0.25) is 0 Å². The molecule has 0 aromatic heterocycles. The Morgan fingerprint density at radius 1 is 1.00 bits per heavy atom. The normalized spacial score (nSPS) is 16.7. The average molecular weight is 338 g/mol. The van der Waals surface area contributed by atoms with Gasteiger partial charge in [-0.3, -0.25) is 0 Å². The summed E-state index contributed by atoms with van der Waals surface area (Å²) < 4.78 is 5.31. The van der Waals surface area contributed by atoms with Crippen molar-refractivity contribution in [1.29, 1.82) is 0 Å². The van der Waals surface area contributed by atoms with Gasteiger partial charge in [0.15, 0.2) is 0 Å². The maximum Gasteiger partial charge on any atom is 0.118 e. The first-order valence-corrected chi connectivity index (χ1v) is 9.76. The molecule has 0 unspecified atom stereocenters. The molecule has 2 aromatic rings. The molecular weight excluding hydrogens is 306 g/mol. The van der Waals surface area contributed by atoms with Crippen LogP contribution < -0.4 is 4.74 Å². The van der Waals surface area contributed by atoms with Crippen LogP contribution in [0.15, 0.2) is 42.5 Å². The molecule has 1 aliphatic rings.